The molecule has 13 heavy (non-hydrogen) atoms. The molecule has 0 spiro atoms. The highest BCUT2D eigenvalue weighted by atomic mass is 35.5. The summed E-state index contributed by atoms with van der Waals surface area (Å²) in [7, 11) is 1.99. The molecule has 0 N–H and O–H groups in total. The number of hydrogen-bond acceptors (Lipinski definition) is 2. The lowest BCUT2D eigenvalue weighted by Gasteiger charge is -1.97. The van der Waals surface area contributed by atoms with E-state index in [1.54, 1.807) is 6.20 Å². The molecule has 2 aromatic rings. The maximum Gasteiger partial charge on any atom is 0.112 e. The van der Waals surface area contributed by atoms with Crippen molar-refractivity contribution in [3.63, 3.8) is 0 Å². The van der Waals surface area contributed by atoms with E-state index < -0.39 is 0 Å². The van der Waals surface area contributed by atoms with Crippen LogP contribution in [0.2, 0.25) is 0 Å². The van der Waals surface area contributed by atoms with Crippen LogP contribution in [0.1, 0.15) is 11.5 Å². The van der Waals surface area contributed by atoms with E-state index in [0.29, 0.717) is 5.88 Å². The van der Waals surface area contributed by atoms with E-state index in [2.05, 4.69) is 9.97 Å². The summed E-state index contributed by atoms with van der Waals surface area (Å²) in [6.07, 6.45) is 1.77. The molecule has 3 nitrogen and oxygen atoms in total. The lowest BCUT2D eigenvalue weighted by Crippen LogP contribution is -1.90. The smallest absolute Gasteiger partial charge is 0.112 e. The van der Waals surface area contributed by atoms with Gasteiger partial charge >= 0.3 is 0 Å². The fourth-order valence-electron chi connectivity index (χ4n) is 1.39. The zero-order valence-corrected chi connectivity index (χ0v) is 8.34. The van der Waals surface area contributed by atoms with Gasteiger partial charge < -0.3 is 4.57 Å². The van der Waals surface area contributed by atoms with Gasteiger partial charge in [-0.2, -0.15) is 0 Å². The van der Waals surface area contributed by atoms with Crippen LogP contribution in [0, 0.1) is 6.92 Å². The predicted molar refractivity (Wildman–Crippen MR) is 52.8 cm³/mol. The molecular formula is C9H10ClN3. The van der Waals surface area contributed by atoms with E-state index in [9.17, 15) is 0 Å². The molecule has 0 fully saturated rings. The molecule has 2 rings (SSSR count). The van der Waals surface area contributed by atoms with Crippen LogP contribution in [0.5, 0.6) is 0 Å². The summed E-state index contributed by atoms with van der Waals surface area (Å²) in [4.78, 5) is 8.57. The van der Waals surface area contributed by atoms with Gasteiger partial charge in [0.1, 0.15) is 11.3 Å². The average molecular weight is 196 g/mol. The summed E-state index contributed by atoms with van der Waals surface area (Å²) in [5, 5.41) is 0. The van der Waals surface area contributed by atoms with E-state index in [-0.39, 0.29) is 0 Å². The molecule has 4 heteroatoms. The van der Waals surface area contributed by atoms with Crippen LogP contribution in [0.4, 0.5) is 0 Å². The first-order valence-corrected chi connectivity index (χ1v) is 4.60. The van der Waals surface area contributed by atoms with Gasteiger partial charge in [0.2, 0.25) is 0 Å². The van der Waals surface area contributed by atoms with Crippen molar-refractivity contribution in [2.75, 3.05) is 0 Å². The summed E-state index contributed by atoms with van der Waals surface area (Å²) in [5.41, 5.74) is 2.85. The third-order valence-electron chi connectivity index (χ3n) is 2.23. The fraction of sp³-hybridized carbons (Fsp3) is 0.333. The summed E-state index contributed by atoms with van der Waals surface area (Å²) in [6.45, 7) is 1.97. The van der Waals surface area contributed by atoms with Crippen LogP contribution in [0.3, 0.4) is 0 Å². The number of pyridine rings is 1. The first-order chi connectivity index (χ1) is 6.24. The highest BCUT2D eigenvalue weighted by molar-refractivity contribution is 6.17. The molecule has 0 aromatic carbocycles. The minimum Gasteiger partial charge on any atom is -0.331 e. The number of alkyl halides is 1. The first kappa shape index (κ1) is 8.51. The number of halogens is 1. The van der Waals surface area contributed by atoms with Crippen molar-refractivity contribution in [3.05, 3.63) is 23.8 Å². The Morgan fingerprint density at radius 2 is 2.31 bits per heavy atom. The van der Waals surface area contributed by atoms with Gasteiger partial charge in [-0.1, -0.05) is 0 Å². The fourth-order valence-corrected chi connectivity index (χ4v) is 1.58. The van der Waals surface area contributed by atoms with Gasteiger partial charge in [-0.05, 0) is 13.0 Å². The highest BCUT2D eigenvalue weighted by Crippen LogP contribution is 2.17. The van der Waals surface area contributed by atoms with Gasteiger partial charge in [-0.25, -0.2) is 4.98 Å². The molecular weight excluding hydrogens is 186 g/mol. The number of fused-ring (bicyclic) bond motifs is 1. The maximum absolute atomic E-state index is 5.76. The second-order valence-electron chi connectivity index (χ2n) is 2.98. The van der Waals surface area contributed by atoms with Crippen molar-refractivity contribution < 1.29 is 0 Å². The second kappa shape index (κ2) is 3.00. The van der Waals surface area contributed by atoms with E-state index in [1.165, 1.54) is 0 Å². The monoisotopic (exact) mass is 195 g/mol. The van der Waals surface area contributed by atoms with Crippen molar-refractivity contribution in [2.45, 2.75) is 12.8 Å². The Morgan fingerprint density at radius 1 is 1.54 bits per heavy atom. The van der Waals surface area contributed by atoms with Crippen molar-refractivity contribution in [1.29, 1.82) is 0 Å². The molecule has 2 heterocycles. The van der Waals surface area contributed by atoms with Gasteiger partial charge in [0, 0.05) is 13.2 Å². The molecule has 0 aliphatic rings. The molecule has 0 saturated heterocycles. The zero-order valence-electron chi connectivity index (χ0n) is 7.58. The molecule has 0 bridgehead atoms. The Labute approximate surface area is 81.4 Å². The third kappa shape index (κ3) is 1.20. The van der Waals surface area contributed by atoms with Gasteiger partial charge in [0.25, 0.3) is 0 Å². The zero-order chi connectivity index (χ0) is 9.42. The number of rotatable bonds is 1. The van der Waals surface area contributed by atoms with Gasteiger partial charge in [0.15, 0.2) is 0 Å². The Kier molecular flexibility index (Phi) is 1.96. The number of aromatic nitrogens is 3. The molecule has 2 aromatic heterocycles. The van der Waals surface area contributed by atoms with Gasteiger partial charge in [-0.15, -0.1) is 11.6 Å². The van der Waals surface area contributed by atoms with E-state index in [1.807, 2.05) is 24.6 Å². The highest BCUT2D eigenvalue weighted by Gasteiger charge is 2.07. The Hall–Kier alpha value is -1.09. The summed E-state index contributed by atoms with van der Waals surface area (Å²) in [6, 6.07) is 1.95. The molecule has 0 aliphatic carbocycles. The summed E-state index contributed by atoms with van der Waals surface area (Å²) >= 11 is 5.76. The van der Waals surface area contributed by atoms with E-state index >= 15 is 0 Å². The molecule has 0 radical (unpaired) electrons. The summed E-state index contributed by atoms with van der Waals surface area (Å²) < 4.78 is 2.03. The van der Waals surface area contributed by atoms with Crippen LogP contribution in [-0.4, -0.2) is 14.5 Å². The summed E-state index contributed by atoms with van der Waals surface area (Å²) in [5.74, 6) is 1.39. The van der Waals surface area contributed by atoms with E-state index in [4.69, 9.17) is 11.6 Å². The van der Waals surface area contributed by atoms with Crippen LogP contribution >= 0.6 is 11.6 Å². The van der Waals surface area contributed by atoms with Crippen LogP contribution < -0.4 is 0 Å². The topological polar surface area (TPSA) is 30.7 Å². The lowest BCUT2D eigenvalue weighted by molar-refractivity contribution is 0.886. The lowest BCUT2D eigenvalue weighted by atomic mass is 10.3. The Morgan fingerprint density at radius 3 is 3.00 bits per heavy atom. The Balaban J connectivity index is 2.84. The van der Waals surface area contributed by atoms with E-state index in [0.717, 1.165) is 22.6 Å². The van der Waals surface area contributed by atoms with Crippen molar-refractivity contribution in [3.8, 4) is 0 Å². The maximum atomic E-state index is 5.76. The molecule has 0 saturated carbocycles. The van der Waals surface area contributed by atoms with Gasteiger partial charge in [-0.3, -0.25) is 4.98 Å². The second-order valence-corrected chi connectivity index (χ2v) is 3.24. The number of hydrogen-bond donors (Lipinski definition) is 0. The normalized spacial score (nSPS) is 11.0. The third-order valence-corrected chi connectivity index (χ3v) is 2.48. The molecule has 0 unspecified atom stereocenters. The number of aryl methyl sites for hydroxylation is 2. The largest absolute Gasteiger partial charge is 0.331 e. The minimum absolute atomic E-state index is 0.411. The predicted octanol–water partition coefficient (Wildman–Crippen LogP) is 2.02. The first-order valence-electron chi connectivity index (χ1n) is 4.07. The van der Waals surface area contributed by atoms with Crippen LogP contribution in [0.15, 0.2) is 12.3 Å². The van der Waals surface area contributed by atoms with Crippen molar-refractivity contribution >= 4 is 22.6 Å². The number of nitrogens with zero attached hydrogens (tertiary/aromatic N) is 3. The standard InChI is InChI=1S/C9H10ClN3/c1-6-12-9-7(5-10)11-4-3-8(9)13(6)2/h3-4H,5H2,1-2H3. The Bertz CT molecular complexity index is 447. The number of imidazole rings is 1. The van der Waals surface area contributed by atoms with Crippen LogP contribution in [0.25, 0.3) is 11.0 Å². The minimum atomic E-state index is 0.411. The molecule has 68 valence electrons. The quantitative estimate of drug-likeness (QED) is 0.652. The molecule has 0 aliphatic heterocycles. The molecule has 0 amide bonds. The van der Waals surface area contributed by atoms with Crippen molar-refractivity contribution in [2.24, 2.45) is 7.05 Å². The average Bonchev–Trinajstić information content (AvgIpc) is 2.43. The SMILES string of the molecule is Cc1nc2c(CCl)nccc2n1C. The van der Waals surface area contributed by atoms with Crippen LogP contribution in [-0.2, 0) is 12.9 Å². The van der Waals surface area contributed by atoms with Gasteiger partial charge in [0.05, 0.1) is 17.1 Å². The molecule has 0 atom stereocenters. The van der Waals surface area contributed by atoms with Crippen molar-refractivity contribution in [1.82, 2.24) is 14.5 Å².